The van der Waals surface area contributed by atoms with Crippen LogP contribution in [0.4, 0.5) is 11.4 Å². The Balaban J connectivity index is 0.000000112. The van der Waals surface area contributed by atoms with Crippen LogP contribution in [0, 0.1) is 0 Å². The van der Waals surface area contributed by atoms with Gasteiger partial charge in [0.05, 0.1) is 5.69 Å². The van der Waals surface area contributed by atoms with E-state index in [4.69, 9.17) is 0 Å². The van der Waals surface area contributed by atoms with E-state index in [1.54, 1.807) is 18.0 Å². The van der Waals surface area contributed by atoms with Gasteiger partial charge in [0.15, 0.2) is 0 Å². The van der Waals surface area contributed by atoms with Crippen molar-refractivity contribution in [3.05, 3.63) is 156 Å². The van der Waals surface area contributed by atoms with Gasteiger partial charge in [-0.2, -0.15) is 5.10 Å². The molecule has 0 bridgehead atoms. The van der Waals surface area contributed by atoms with Crippen LogP contribution in [0.15, 0.2) is 154 Å². The molecule has 2 N–H and O–H groups in total. The number of nitrogens with zero attached hydrogens (tertiary/aromatic N) is 3. The van der Waals surface area contributed by atoms with Crippen LogP contribution in [0.2, 0.25) is 0 Å². The summed E-state index contributed by atoms with van der Waals surface area (Å²) in [6.07, 6.45) is 20.0. The number of rotatable bonds is 0. The molecular formula is C35H29N5OS. The number of aromatic nitrogens is 2. The first-order chi connectivity index (χ1) is 20.9. The summed E-state index contributed by atoms with van der Waals surface area (Å²) in [5.41, 5.74) is 10.5. The largest absolute Gasteiger partial charge is 0.361 e. The molecule has 4 aromatic carbocycles. The van der Waals surface area contributed by atoms with Crippen LogP contribution in [-0.4, -0.2) is 16.5 Å². The summed E-state index contributed by atoms with van der Waals surface area (Å²) in [7, 11) is 0. The van der Waals surface area contributed by atoms with E-state index in [0.29, 0.717) is 0 Å². The summed E-state index contributed by atoms with van der Waals surface area (Å²) in [5.74, 6) is 0. The Kier molecular flexibility index (Phi) is 10.3. The third-order valence-corrected chi connectivity index (χ3v) is 6.92. The summed E-state index contributed by atoms with van der Waals surface area (Å²) >= 11 is 1.77. The number of anilines is 2. The van der Waals surface area contributed by atoms with Gasteiger partial charge >= 0.3 is 0 Å². The molecule has 0 amide bonds. The lowest BCUT2D eigenvalue weighted by Crippen LogP contribution is -1.87. The zero-order valence-corrected chi connectivity index (χ0v) is 23.6. The fraction of sp³-hybridized carbons (Fsp3) is 0. The normalized spacial score (nSPS) is 13.0. The van der Waals surface area contributed by atoms with Crippen molar-refractivity contribution in [2.45, 2.75) is 4.90 Å². The SMILES string of the molecule is C1=CNc2ccccc2C=C1.C1=CSc2ccccc2C=C1.C1=Cc2ccccc2NN=C1.c1ccc2nonc2c1. The van der Waals surface area contributed by atoms with Gasteiger partial charge in [-0.25, -0.2) is 4.63 Å². The van der Waals surface area contributed by atoms with Gasteiger partial charge in [-0.1, -0.05) is 115 Å². The molecule has 7 heteroatoms. The van der Waals surface area contributed by atoms with E-state index in [2.05, 4.69) is 96.9 Å². The molecule has 5 aromatic rings. The average Bonchev–Trinajstić information content (AvgIpc) is 3.22. The Hall–Kier alpha value is -5.40. The number of nitrogens with one attached hydrogen (secondary N) is 2. The second-order valence-corrected chi connectivity index (χ2v) is 9.83. The highest BCUT2D eigenvalue weighted by molar-refractivity contribution is 8.02. The first kappa shape index (κ1) is 28.1. The van der Waals surface area contributed by atoms with Crippen LogP contribution in [0.25, 0.3) is 29.3 Å². The fourth-order valence-electron chi connectivity index (χ4n) is 3.94. The van der Waals surface area contributed by atoms with Gasteiger partial charge < -0.3 is 5.32 Å². The number of hydrogen-bond acceptors (Lipinski definition) is 7. The molecule has 206 valence electrons. The van der Waals surface area contributed by atoms with Crippen molar-refractivity contribution in [1.82, 2.24) is 10.3 Å². The van der Waals surface area contributed by atoms with Crippen molar-refractivity contribution in [3.8, 4) is 0 Å². The van der Waals surface area contributed by atoms with E-state index in [-0.39, 0.29) is 0 Å². The molecule has 0 saturated heterocycles. The molecule has 0 fully saturated rings. The van der Waals surface area contributed by atoms with E-state index < -0.39 is 0 Å². The van der Waals surface area contributed by atoms with Crippen molar-refractivity contribution in [3.63, 3.8) is 0 Å². The number of thioether (sulfide) groups is 1. The highest BCUT2D eigenvalue weighted by atomic mass is 32.2. The highest BCUT2D eigenvalue weighted by Gasteiger charge is 1.99. The Morgan fingerprint density at radius 2 is 1.14 bits per heavy atom. The quantitative estimate of drug-likeness (QED) is 0.194. The summed E-state index contributed by atoms with van der Waals surface area (Å²) in [5, 5.41) is 16.5. The Labute approximate surface area is 249 Å². The molecule has 42 heavy (non-hydrogen) atoms. The smallest absolute Gasteiger partial charge is 0.135 e. The van der Waals surface area contributed by atoms with Crippen LogP contribution >= 0.6 is 11.8 Å². The Bertz CT molecular complexity index is 1600. The van der Waals surface area contributed by atoms with Gasteiger partial charge in [0.2, 0.25) is 0 Å². The predicted octanol–water partition coefficient (Wildman–Crippen LogP) is 9.29. The maximum Gasteiger partial charge on any atom is 0.135 e. The van der Waals surface area contributed by atoms with Crippen molar-refractivity contribution in [2.24, 2.45) is 5.10 Å². The zero-order valence-electron chi connectivity index (χ0n) is 22.7. The van der Waals surface area contributed by atoms with Crippen LogP contribution in [-0.2, 0) is 0 Å². The molecular weight excluding hydrogens is 538 g/mol. The fourth-order valence-corrected chi connectivity index (χ4v) is 4.68. The minimum atomic E-state index is 0.803. The lowest BCUT2D eigenvalue weighted by atomic mass is 10.2. The molecule has 3 aliphatic heterocycles. The van der Waals surface area contributed by atoms with Gasteiger partial charge in [-0.05, 0) is 74.9 Å². The minimum Gasteiger partial charge on any atom is -0.361 e. The third-order valence-electron chi connectivity index (χ3n) is 6.00. The van der Waals surface area contributed by atoms with Crippen molar-refractivity contribution < 1.29 is 4.63 Å². The molecule has 0 spiro atoms. The highest BCUT2D eigenvalue weighted by Crippen LogP contribution is 2.26. The second-order valence-electron chi connectivity index (χ2n) is 8.88. The first-order valence-electron chi connectivity index (χ1n) is 13.4. The van der Waals surface area contributed by atoms with Crippen LogP contribution in [0.3, 0.4) is 0 Å². The first-order valence-corrected chi connectivity index (χ1v) is 14.2. The van der Waals surface area contributed by atoms with E-state index in [1.807, 2.05) is 91.2 Å². The molecule has 3 aliphatic rings. The number of allylic oxidation sites excluding steroid dienone is 5. The molecule has 8 rings (SSSR count). The van der Waals surface area contributed by atoms with Crippen molar-refractivity contribution in [2.75, 3.05) is 10.7 Å². The Morgan fingerprint density at radius 1 is 0.548 bits per heavy atom. The summed E-state index contributed by atoms with van der Waals surface area (Å²) < 4.78 is 4.46. The van der Waals surface area contributed by atoms with Gasteiger partial charge in [0.1, 0.15) is 11.0 Å². The van der Waals surface area contributed by atoms with Crippen LogP contribution in [0.5, 0.6) is 0 Å². The molecule has 0 aliphatic carbocycles. The molecule has 4 heterocycles. The molecule has 6 nitrogen and oxygen atoms in total. The zero-order chi connectivity index (χ0) is 28.7. The van der Waals surface area contributed by atoms with Gasteiger partial charge in [-0.15, -0.1) is 0 Å². The second kappa shape index (κ2) is 15.4. The van der Waals surface area contributed by atoms with E-state index >= 15 is 0 Å². The topological polar surface area (TPSA) is 75.3 Å². The Morgan fingerprint density at radius 3 is 1.95 bits per heavy atom. The number of benzene rings is 4. The van der Waals surface area contributed by atoms with E-state index in [0.717, 1.165) is 22.4 Å². The predicted molar refractivity (Wildman–Crippen MR) is 178 cm³/mol. The van der Waals surface area contributed by atoms with Crippen LogP contribution in [0.1, 0.15) is 16.7 Å². The lowest BCUT2D eigenvalue weighted by Gasteiger charge is -2.01. The van der Waals surface area contributed by atoms with Crippen molar-refractivity contribution >= 4 is 58.6 Å². The molecule has 0 unspecified atom stereocenters. The van der Waals surface area contributed by atoms with E-state index in [9.17, 15) is 0 Å². The molecule has 0 atom stereocenters. The number of fused-ring (bicyclic) bond motifs is 4. The van der Waals surface area contributed by atoms with Crippen molar-refractivity contribution in [1.29, 1.82) is 0 Å². The summed E-state index contributed by atoms with van der Waals surface area (Å²) in [6, 6.07) is 32.2. The molecule has 0 radical (unpaired) electrons. The maximum atomic E-state index is 4.46. The summed E-state index contributed by atoms with van der Waals surface area (Å²) in [6.45, 7) is 0. The average molecular weight is 568 g/mol. The van der Waals surface area contributed by atoms with Gasteiger partial charge in [0.25, 0.3) is 0 Å². The molecule has 1 aromatic heterocycles. The van der Waals surface area contributed by atoms with Crippen LogP contribution < -0.4 is 10.7 Å². The minimum absolute atomic E-state index is 0.803. The lowest BCUT2D eigenvalue weighted by molar-refractivity contribution is 0.315. The number of para-hydroxylation sites is 2. The standard InChI is InChI=1S/C10H9N.C10H8S.C9H8N2.C6H4N2O/c2*1-2-7-10-9(5-1)6-3-4-8-11-10;1-2-6-9-8(4-1)5-3-7-10-11-9;1-2-4-6-5(3-1)7-9-8-6/h1-8,11H;1-8H;1-7,11H;1-4H. The molecule has 0 saturated carbocycles. The number of hydrazone groups is 1. The third kappa shape index (κ3) is 8.30. The monoisotopic (exact) mass is 567 g/mol. The summed E-state index contributed by atoms with van der Waals surface area (Å²) in [4.78, 5) is 1.33. The number of hydrogen-bond donors (Lipinski definition) is 2. The van der Waals surface area contributed by atoms with E-state index in [1.165, 1.54) is 21.6 Å². The van der Waals surface area contributed by atoms with Gasteiger partial charge in [0, 0.05) is 23.0 Å². The maximum absolute atomic E-state index is 4.46. The van der Waals surface area contributed by atoms with Gasteiger partial charge in [-0.3, -0.25) is 5.43 Å².